The number of thioether (sulfide) groups is 1. The van der Waals surface area contributed by atoms with Crippen molar-refractivity contribution in [3.05, 3.63) is 6.33 Å². The van der Waals surface area contributed by atoms with Gasteiger partial charge in [0.25, 0.3) is 0 Å². The van der Waals surface area contributed by atoms with Crippen molar-refractivity contribution < 1.29 is 9.90 Å². The number of rotatable bonds is 6. The molecule has 1 unspecified atom stereocenters. The summed E-state index contributed by atoms with van der Waals surface area (Å²) in [5, 5.41) is 12.3. The first-order valence-corrected chi connectivity index (χ1v) is 8.20. The van der Waals surface area contributed by atoms with Crippen LogP contribution in [0.3, 0.4) is 0 Å². The van der Waals surface area contributed by atoms with E-state index in [1.165, 1.54) is 29.4 Å². The summed E-state index contributed by atoms with van der Waals surface area (Å²) in [5.41, 5.74) is 0.602. The van der Waals surface area contributed by atoms with E-state index in [0.717, 1.165) is 9.04 Å². The number of carboxylic acid groups (broad SMARTS) is 1. The van der Waals surface area contributed by atoms with Crippen LogP contribution in [0.25, 0.3) is 10.3 Å². The van der Waals surface area contributed by atoms with Crippen molar-refractivity contribution in [1.82, 2.24) is 15.0 Å². The van der Waals surface area contributed by atoms with Gasteiger partial charge in [-0.05, 0) is 18.6 Å². The maximum atomic E-state index is 11.3. The lowest BCUT2D eigenvalue weighted by molar-refractivity contribution is -0.138. The molecule has 0 aliphatic carbocycles. The maximum absolute atomic E-state index is 11.3. The third-order valence-electron chi connectivity index (χ3n) is 2.66. The van der Waals surface area contributed by atoms with Gasteiger partial charge in [-0.1, -0.05) is 25.6 Å². The fourth-order valence-corrected chi connectivity index (χ4v) is 3.25. The van der Waals surface area contributed by atoms with Crippen LogP contribution in [0, 0.1) is 5.92 Å². The number of hydrogen-bond acceptors (Lipinski definition) is 7. The van der Waals surface area contributed by atoms with Gasteiger partial charge >= 0.3 is 5.97 Å². The second-order valence-corrected chi connectivity index (χ2v) is 6.78. The molecule has 108 valence electrons. The number of carbonyl (C=O) groups is 1. The molecule has 20 heavy (non-hydrogen) atoms. The molecule has 0 bridgehead atoms. The lowest BCUT2D eigenvalue weighted by atomic mass is 10.0. The second kappa shape index (κ2) is 6.36. The van der Waals surface area contributed by atoms with E-state index < -0.39 is 12.0 Å². The van der Waals surface area contributed by atoms with Gasteiger partial charge < -0.3 is 10.4 Å². The van der Waals surface area contributed by atoms with Crippen molar-refractivity contribution in [2.24, 2.45) is 5.92 Å². The number of aromatic nitrogens is 3. The number of hydrogen-bond donors (Lipinski definition) is 2. The Morgan fingerprint density at radius 1 is 1.50 bits per heavy atom. The van der Waals surface area contributed by atoms with Gasteiger partial charge in [-0.25, -0.2) is 19.7 Å². The highest BCUT2D eigenvalue weighted by Crippen LogP contribution is 2.31. The van der Waals surface area contributed by atoms with Crippen LogP contribution < -0.4 is 5.32 Å². The van der Waals surface area contributed by atoms with Crippen LogP contribution in [0.5, 0.6) is 0 Å². The molecule has 0 aliphatic heterocycles. The lowest BCUT2D eigenvalue weighted by Gasteiger charge is -2.16. The van der Waals surface area contributed by atoms with Crippen LogP contribution in [0.15, 0.2) is 10.7 Å². The molecule has 0 saturated carbocycles. The molecule has 0 fully saturated rings. The molecule has 6 nitrogen and oxygen atoms in total. The summed E-state index contributed by atoms with van der Waals surface area (Å²) in [6, 6.07) is -0.659. The van der Waals surface area contributed by atoms with Gasteiger partial charge in [0, 0.05) is 0 Å². The molecule has 0 radical (unpaired) electrons. The van der Waals surface area contributed by atoms with E-state index >= 15 is 0 Å². The Morgan fingerprint density at radius 2 is 2.25 bits per heavy atom. The second-order valence-electron chi connectivity index (χ2n) is 4.72. The SMILES string of the molecule is CSc1nc2ncnc(NC(CC(C)C)C(=O)O)c2s1. The first-order valence-electron chi connectivity index (χ1n) is 6.16. The van der Waals surface area contributed by atoms with E-state index in [0.29, 0.717) is 17.9 Å². The fraction of sp³-hybridized carbons (Fsp3) is 0.500. The molecular formula is C12H16N4O2S2. The van der Waals surface area contributed by atoms with Crippen molar-refractivity contribution in [1.29, 1.82) is 0 Å². The Morgan fingerprint density at radius 3 is 2.85 bits per heavy atom. The molecule has 2 aromatic heterocycles. The Hall–Kier alpha value is -1.41. The molecule has 0 amide bonds. The smallest absolute Gasteiger partial charge is 0.326 e. The molecule has 8 heteroatoms. The van der Waals surface area contributed by atoms with Crippen LogP contribution in [-0.4, -0.2) is 38.3 Å². The molecule has 2 aromatic rings. The minimum absolute atomic E-state index is 0.282. The number of nitrogens with zero attached hydrogens (tertiary/aromatic N) is 3. The van der Waals surface area contributed by atoms with Crippen molar-refractivity contribution in [3.8, 4) is 0 Å². The third kappa shape index (κ3) is 3.37. The quantitative estimate of drug-likeness (QED) is 0.793. The number of nitrogens with one attached hydrogen (secondary N) is 1. The first-order chi connectivity index (χ1) is 9.51. The Balaban J connectivity index is 2.31. The number of aliphatic carboxylic acids is 1. The molecule has 0 aromatic carbocycles. The van der Waals surface area contributed by atoms with Gasteiger partial charge in [0.15, 0.2) is 9.99 Å². The minimum atomic E-state index is -0.875. The molecule has 0 saturated heterocycles. The summed E-state index contributed by atoms with van der Waals surface area (Å²) in [5.74, 6) is -0.0509. The molecule has 2 heterocycles. The summed E-state index contributed by atoms with van der Waals surface area (Å²) in [7, 11) is 0. The lowest BCUT2D eigenvalue weighted by Crippen LogP contribution is -2.31. The molecule has 2 N–H and O–H groups in total. The maximum Gasteiger partial charge on any atom is 0.326 e. The van der Waals surface area contributed by atoms with Gasteiger partial charge in [-0.3, -0.25) is 0 Å². The average Bonchev–Trinajstić information content (AvgIpc) is 2.81. The Bertz CT molecular complexity index is 615. The van der Waals surface area contributed by atoms with Crippen molar-refractivity contribution in [3.63, 3.8) is 0 Å². The highest BCUT2D eigenvalue weighted by atomic mass is 32.2. The van der Waals surface area contributed by atoms with Crippen molar-refractivity contribution in [2.45, 2.75) is 30.6 Å². The predicted octanol–water partition coefficient (Wildman–Crippen LogP) is 2.72. The number of thiazole rings is 1. The predicted molar refractivity (Wildman–Crippen MR) is 81.5 cm³/mol. The fourth-order valence-electron chi connectivity index (χ4n) is 1.78. The molecule has 2 rings (SSSR count). The number of fused-ring (bicyclic) bond motifs is 1. The Kier molecular flexibility index (Phi) is 4.77. The van der Waals surface area contributed by atoms with Crippen LogP contribution >= 0.6 is 23.1 Å². The van der Waals surface area contributed by atoms with Gasteiger partial charge in [0.05, 0.1) is 0 Å². The van der Waals surface area contributed by atoms with Crippen LogP contribution in [0.1, 0.15) is 20.3 Å². The minimum Gasteiger partial charge on any atom is -0.480 e. The summed E-state index contributed by atoms with van der Waals surface area (Å²) in [6.07, 6.45) is 3.88. The molecular weight excluding hydrogens is 296 g/mol. The summed E-state index contributed by atoms with van der Waals surface area (Å²) in [4.78, 5) is 23.9. The van der Waals surface area contributed by atoms with E-state index in [2.05, 4.69) is 20.3 Å². The van der Waals surface area contributed by atoms with E-state index in [4.69, 9.17) is 0 Å². The highest BCUT2D eigenvalue weighted by Gasteiger charge is 2.21. The zero-order valence-corrected chi connectivity index (χ0v) is 13.1. The van der Waals surface area contributed by atoms with Crippen LogP contribution in [-0.2, 0) is 4.79 Å². The first kappa shape index (κ1) is 15.0. The zero-order chi connectivity index (χ0) is 14.7. The van der Waals surface area contributed by atoms with Gasteiger partial charge in [-0.15, -0.1) is 11.3 Å². The topological polar surface area (TPSA) is 88.0 Å². The van der Waals surface area contributed by atoms with E-state index in [9.17, 15) is 9.90 Å². The Labute approximate surface area is 125 Å². The van der Waals surface area contributed by atoms with E-state index in [1.54, 1.807) is 0 Å². The zero-order valence-electron chi connectivity index (χ0n) is 11.5. The summed E-state index contributed by atoms with van der Waals surface area (Å²) < 4.78 is 1.69. The normalized spacial score (nSPS) is 12.8. The van der Waals surface area contributed by atoms with E-state index in [-0.39, 0.29) is 5.92 Å². The van der Waals surface area contributed by atoms with Gasteiger partial charge in [-0.2, -0.15) is 0 Å². The van der Waals surface area contributed by atoms with Crippen molar-refractivity contribution in [2.75, 3.05) is 11.6 Å². The average molecular weight is 312 g/mol. The van der Waals surface area contributed by atoms with Crippen LogP contribution in [0.2, 0.25) is 0 Å². The number of anilines is 1. The summed E-state index contributed by atoms with van der Waals surface area (Å²) >= 11 is 3.00. The highest BCUT2D eigenvalue weighted by molar-refractivity contribution is 8.00. The van der Waals surface area contributed by atoms with Gasteiger partial charge in [0.1, 0.15) is 22.9 Å². The molecule has 1 atom stereocenters. The van der Waals surface area contributed by atoms with Crippen molar-refractivity contribution >= 4 is 45.2 Å². The largest absolute Gasteiger partial charge is 0.480 e. The van der Waals surface area contributed by atoms with E-state index in [1.807, 2.05) is 20.1 Å². The van der Waals surface area contributed by atoms with Crippen LogP contribution in [0.4, 0.5) is 5.82 Å². The standard InChI is InChI=1S/C12H16N4O2S2/c1-6(2)4-7(11(17)18)15-9-8-10(14-5-13-9)16-12(19-3)20-8/h5-7H,4H2,1-3H3,(H,17,18)(H,13,14,15). The third-order valence-corrected chi connectivity index (χ3v) is 4.70. The number of carboxylic acids is 1. The van der Waals surface area contributed by atoms with Gasteiger partial charge in [0.2, 0.25) is 0 Å². The summed E-state index contributed by atoms with van der Waals surface area (Å²) in [6.45, 7) is 3.98. The molecule has 0 spiro atoms. The monoisotopic (exact) mass is 312 g/mol. The molecule has 0 aliphatic rings.